The van der Waals surface area contributed by atoms with Crippen LogP contribution in [0.1, 0.15) is 34.1 Å². The standard InChI is InChI=1S/C10H24N2O/c1-5-9(13)8-11-6-7-12-10(2,3)4/h9,11-13H,5-8H2,1-4H3. The van der Waals surface area contributed by atoms with Crippen LogP contribution in [0.25, 0.3) is 0 Å². The van der Waals surface area contributed by atoms with E-state index < -0.39 is 0 Å². The molecule has 1 atom stereocenters. The smallest absolute Gasteiger partial charge is 0.0662 e. The second-order valence-electron chi connectivity index (χ2n) is 4.44. The molecule has 0 bridgehead atoms. The van der Waals surface area contributed by atoms with E-state index in [1.54, 1.807) is 0 Å². The van der Waals surface area contributed by atoms with Crippen molar-refractivity contribution in [2.45, 2.75) is 45.8 Å². The quantitative estimate of drug-likeness (QED) is 0.539. The molecule has 0 radical (unpaired) electrons. The van der Waals surface area contributed by atoms with Crippen LogP contribution in [-0.2, 0) is 0 Å². The SMILES string of the molecule is CCC(O)CNCCNC(C)(C)C. The van der Waals surface area contributed by atoms with Crippen molar-refractivity contribution in [3.05, 3.63) is 0 Å². The minimum absolute atomic E-state index is 0.186. The summed E-state index contributed by atoms with van der Waals surface area (Å²) in [5, 5.41) is 15.8. The van der Waals surface area contributed by atoms with Gasteiger partial charge in [0, 0.05) is 25.2 Å². The van der Waals surface area contributed by atoms with Crippen molar-refractivity contribution < 1.29 is 5.11 Å². The number of hydrogen-bond acceptors (Lipinski definition) is 3. The molecule has 0 aromatic heterocycles. The Morgan fingerprint density at radius 2 is 1.85 bits per heavy atom. The fraction of sp³-hybridized carbons (Fsp3) is 1.00. The Bertz CT molecular complexity index is 121. The van der Waals surface area contributed by atoms with E-state index in [9.17, 15) is 5.11 Å². The lowest BCUT2D eigenvalue weighted by Gasteiger charge is -2.20. The molecule has 3 heteroatoms. The zero-order chi connectivity index (χ0) is 10.3. The molecule has 80 valence electrons. The van der Waals surface area contributed by atoms with E-state index in [2.05, 4.69) is 31.4 Å². The van der Waals surface area contributed by atoms with Crippen LogP contribution in [0, 0.1) is 0 Å². The molecule has 0 spiro atoms. The summed E-state index contributed by atoms with van der Waals surface area (Å²) in [6.07, 6.45) is 0.620. The van der Waals surface area contributed by atoms with Crippen molar-refractivity contribution in [3.8, 4) is 0 Å². The molecule has 0 saturated carbocycles. The lowest BCUT2D eigenvalue weighted by Crippen LogP contribution is -2.41. The highest BCUT2D eigenvalue weighted by Gasteiger charge is 2.07. The van der Waals surface area contributed by atoms with Crippen molar-refractivity contribution >= 4 is 0 Å². The van der Waals surface area contributed by atoms with Gasteiger partial charge in [0.25, 0.3) is 0 Å². The van der Waals surface area contributed by atoms with Crippen LogP contribution < -0.4 is 10.6 Å². The van der Waals surface area contributed by atoms with E-state index in [-0.39, 0.29) is 11.6 Å². The first-order valence-corrected chi connectivity index (χ1v) is 5.09. The van der Waals surface area contributed by atoms with Crippen molar-refractivity contribution in [3.63, 3.8) is 0 Å². The third kappa shape index (κ3) is 9.80. The summed E-state index contributed by atoms with van der Waals surface area (Å²) in [6, 6.07) is 0. The normalized spacial score (nSPS) is 14.5. The molecular weight excluding hydrogens is 164 g/mol. The third-order valence-electron chi connectivity index (χ3n) is 1.81. The molecule has 0 saturated heterocycles. The number of rotatable bonds is 6. The molecule has 3 nitrogen and oxygen atoms in total. The maximum atomic E-state index is 9.23. The molecule has 13 heavy (non-hydrogen) atoms. The molecule has 0 fully saturated rings. The summed E-state index contributed by atoms with van der Waals surface area (Å²) >= 11 is 0. The maximum Gasteiger partial charge on any atom is 0.0662 e. The summed E-state index contributed by atoms with van der Waals surface area (Å²) in [5.74, 6) is 0. The lowest BCUT2D eigenvalue weighted by molar-refractivity contribution is 0.167. The molecular formula is C10H24N2O. The Labute approximate surface area is 81.9 Å². The van der Waals surface area contributed by atoms with Gasteiger partial charge in [0.15, 0.2) is 0 Å². The number of aliphatic hydroxyl groups is 1. The molecule has 0 aliphatic heterocycles. The van der Waals surface area contributed by atoms with E-state index >= 15 is 0 Å². The predicted octanol–water partition coefficient (Wildman–Crippen LogP) is 0.735. The van der Waals surface area contributed by atoms with E-state index in [1.807, 2.05) is 6.92 Å². The van der Waals surface area contributed by atoms with Crippen LogP contribution in [-0.4, -0.2) is 36.4 Å². The average Bonchev–Trinajstić information content (AvgIpc) is 2.01. The molecule has 0 rings (SSSR count). The first-order chi connectivity index (χ1) is 5.95. The summed E-state index contributed by atoms with van der Waals surface area (Å²) < 4.78 is 0. The van der Waals surface area contributed by atoms with Gasteiger partial charge in [-0.15, -0.1) is 0 Å². The first-order valence-electron chi connectivity index (χ1n) is 5.09. The minimum Gasteiger partial charge on any atom is -0.392 e. The summed E-state index contributed by atoms with van der Waals surface area (Å²) in [4.78, 5) is 0. The fourth-order valence-corrected chi connectivity index (χ4v) is 0.939. The number of aliphatic hydroxyl groups excluding tert-OH is 1. The van der Waals surface area contributed by atoms with Gasteiger partial charge in [-0.1, -0.05) is 6.92 Å². The monoisotopic (exact) mass is 188 g/mol. The van der Waals surface area contributed by atoms with Crippen LogP contribution >= 0.6 is 0 Å². The molecule has 0 amide bonds. The Morgan fingerprint density at radius 1 is 1.23 bits per heavy atom. The Kier molecular flexibility index (Phi) is 6.29. The van der Waals surface area contributed by atoms with Gasteiger partial charge in [0.1, 0.15) is 0 Å². The van der Waals surface area contributed by atoms with Gasteiger partial charge >= 0.3 is 0 Å². The van der Waals surface area contributed by atoms with Crippen molar-refractivity contribution in [1.82, 2.24) is 10.6 Å². The highest BCUT2D eigenvalue weighted by Crippen LogP contribution is 1.96. The molecule has 1 unspecified atom stereocenters. The molecule has 0 heterocycles. The zero-order valence-corrected chi connectivity index (χ0v) is 9.35. The molecule has 0 aromatic rings. The molecule has 0 aliphatic rings. The van der Waals surface area contributed by atoms with Gasteiger partial charge in [0.2, 0.25) is 0 Å². The van der Waals surface area contributed by atoms with E-state index in [4.69, 9.17) is 0 Å². The second-order valence-corrected chi connectivity index (χ2v) is 4.44. The fourth-order valence-electron chi connectivity index (χ4n) is 0.939. The van der Waals surface area contributed by atoms with Crippen LogP contribution in [0.15, 0.2) is 0 Å². The Balaban J connectivity index is 3.18. The predicted molar refractivity (Wildman–Crippen MR) is 56.9 cm³/mol. The van der Waals surface area contributed by atoms with Gasteiger partial charge in [-0.05, 0) is 27.2 Å². The van der Waals surface area contributed by atoms with Crippen LogP contribution in [0.5, 0.6) is 0 Å². The Hall–Kier alpha value is -0.120. The van der Waals surface area contributed by atoms with Crippen molar-refractivity contribution in [2.24, 2.45) is 0 Å². The van der Waals surface area contributed by atoms with Gasteiger partial charge in [-0.3, -0.25) is 0 Å². The summed E-state index contributed by atoms with van der Waals surface area (Å²) in [6.45, 7) is 11.0. The largest absolute Gasteiger partial charge is 0.392 e. The van der Waals surface area contributed by atoms with Gasteiger partial charge in [0.05, 0.1) is 6.10 Å². The van der Waals surface area contributed by atoms with Gasteiger partial charge < -0.3 is 15.7 Å². The summed E-state index contributed by atoms with van der Waals surface area (Å²) in [5.41, 5.74) is 0.186. The lowest BCUT2D eigenvalue weighted by atomic mass is 10.1. The summed E-state index contributed by atoms with van der Waals surface area (Å²) in [7, 11) is 0. The third-order valence-corrected chi connectivity index (χ3v) is 1.81. The minimum atomic E-state index is -0.199. The van der Waals surface area contributed by atoms with Crippen LogP contribution in [0.2, 0.25) is 0 Å². The topological polar surface area (TPSA) is 44.3 Å². The van der Waals surface area contributed by atoms with Gasteiger partial charge in [-0.25, -0.2) is 0 Å². The molecule has 0 aromatic carbocycles. The van der Waals surface area contributed by atoms with E-state index in [1.165, 1.54) is 0 Å². The average molecular weight is 188 g/mol. The van der Waals surface area contributed by atoms with Crippen LogP contribution in [0.3, 0.4) is 0 Å². The number of hydrogen-bond donors (Lipinski definition) is 3. The van der Waals surface area contributed by atoms with E-state index in [0.29, 0.717) is 6.54 Å². The highest BCUT2D eigenvalue weighted by atomic mass is 16.3. The molecule has 0 aliphatic carbocycles. The van der Waals surface area contributed by atoms with E-state index in [0.717, 1.165) is 19.5 Å². The number of nitrogens with one attached hydrogen (secondary N) is 2. The molecule has 3 N–H and O–H groups in total. The van der Waals surface area contributed by atoms with Crippen molar-refractivity contribution in [2.75, 3.05) is 19.6 Å². The Morgan fingerprint density at radius 3 is 2.31 bits per heavy atom. The second kappa shape index (κ2) is 6.35. The highest BCUT2D eigenvalue weighted by molar-refractivity contribution is 4.70. The van der Waals surface area contributed by atoms with Crippen molar-refractivity contribution in [1.29, 1.82) is 0 Å². The van der Waals surface area contributed by atoms with Crippen LogP contribution in [0.4, 0.5) is 0 Å². The maximum absolute atomic E-state index is 9.23. The van der Waals surface area contributed by atoms with Gasteiger partial charge in [-0.2, -0.15) is 0 Å². The zero-order valence-electron chi connectivity index (χ0n) is 9.35. The first kappa shape index (κ1) is 12.9.